The summed E-state index contributed by atoms with van der Waals surface area (Å²) < 4.78 is 24.4. The number of hydrogen-bond acceptors (Lipinski definition) is 6. The topological polar surface area (TPSA) is 97.8 Å². The van der Waals surface area contributed by atoms with E-state index in [1.165, 1.54) is 29.2 Å². The van der Waals surface area contributed by atoms with Gasteiger partial charge in [-0.25, -0.2) is 4.39 Å². The number of nitrogens with one attached hydrogen (secondary N) is 1. The lowest BCUT2D eigenvalue weighted by molar-refractivity contribution is -0.127. The van der Waals surface area contributed by atoms with E-state index in [1.54, 1.807) is 50.5 Å². The molecule has 1 unspecified atom stereocenters. The zero-order chi connectivity index (χ0) is 24.9. The number of halogens is 1. The van der Waals surface area contributed by atoms with Gasteiger partial charge in [0.1, 0.15) is 23.4 Å². The fourth-order valence-corrected chi connectivity index (χ4v) is 3.73. The summed E-state index contributed by atoms with van der Waals surface area (Å²) in [5.41, 5.74) is 2.06. The van der Waals surface area contributed by atoms with Crippen LogP contribution in [-0.2, 0) is 16.1 Å². The van der Waals surface area contributed by atoms with Crippen LogP contribution in [0.15, 0.2) is 60.9 Å². The summed E-state index contributed by atoms with van der Waals surface area (Å²) in [5, 5.41) is 2.82. The largest absolute Gasteiger partial charge is 0.485 e. The number of nitrogens with zero attached hydrogens (tertiary/aromatic N) is 2. The van der Waals surface area contributed by atoms with Crippen LogP contribution < -0.4 is 19.7 Å². The van der Waals surface area contributed by atoms with Crippen molar-refractivity contribution < 1.29 is 28.2 Å². The average molecular weight is 477 g/mol. The Morgan fingerprint density at radius 2 is 1.94 bits per heavy atom. The van der Waals surface area contributed by atoms with Gasteiger partial charge in [-0.3, -0.25) is 24.3 Å². The normalized spacial score (nSPS) is 13.5. The van der Waals surface area contributed by atoms with Gasteiger partial charge in [-0.2, -0.15) is 0 Å². The molecule has 8 nitrogen and oxygen atoms in total. The van der Waals surface area contributed by atoms with Crippen molar-refractivity contribution in [2.45, 2.75) is 26.4 Å². The maximum atomic E-state index is 13.3. The molecule has 2 amide bonds. The quantitative estimate of drug-likeness (QED) is 0.501. The maximum absolute atomic E-state index is 13.3. The molecule has 1 aliphatic rings. The number of benzene rings is 2. The highest BCUT2D eigenvalue weighted by atomic mass is 19.1. The van der Waals surface area contributed by atoms with Gasteiger partial charge in [0.15, 0.2) is 19.0 Å². The molecule has 1 N–H and O–H groups in total. The fraction of sp³-hybridized carbons (Fsp3) is 0.231. The van der Waals surface area contributed by atoms with Crippen LogP contribution in [0.4, 0.5) is 10.1 Å². The summed E-state index contributed by atoms with van der Waals surface area (Å²) in [7, 11) is 0. The van der Waals surface area contributed by atoms with Gasteiger partial charge >= 0.3 is 0 Å². The van der Waals surface area contributed by atoms with Crippen LogP contribution in [0, 0.1) is 12.7 Å². The van der Waals surface area contributed by atoms with Crippen LogP contribution >= 0.6 is 0 Å². The molecular weight excluding hydrogens is 453 g/mol. The number of Topliss-reactive ketones (excluding diaryl/α,β-unsaturated/α-hetero) is 1. The van der Waals surface area contributed by atoms with Gasteiger partial charge in [0.05, 0.1) is 5.69 Å². The minimum absolute atomic E-state index is 0.213. The van der Waals surface area contributed by atoms with E-state index >= 15 is 0 Å². The van der Waals surface area contributed by atoms with E-state index in [9.17, 15) is 18.8 Å². The SMILES string of the molecule is Cc1cc(F)ccc1OCC(=O)c1ccc2c(c1)N(C(C)C(=O)NCc1ccncc1)C(=O)CO2. The van der Waals surface area contributed by atoms with Crippen molar-refractivity contribution in [2.24, 2.45) is 0 Å². The Hall–Kier alpha value is -4.27. The molecular formula is C26H24FN3O5. The van der Waals surface area contributed by atoms with Gasteiger partial charge in [-0.15, -0.1) is 0 Å². The van der Waals surface area contributed by atoms with Crippen LogP contribution in [0.25, 0.3) is 0 Å². The number of rotatable bonds is 8. The van der Waals surface area contributed by atoms with Crippen molar-refractivity contribution in [3.63, 3.8) is 0 Å². The zero-order valence-corrected chi connectivity index (χ0v) is 19.3. The van der Waals surface area contributed by atoms with Crippen molar-refractivity contribution in [3.05, 3.63) is 83.4 Å². The molecule has 180 valence electrons. The molecule has 4 rings (SSSR count). The van der Waals surface area contributed by atoms with E-state index in [0.29, 0.717) is 22.7 Å². The molecule has 2 aromatic carbocycles. The van der Waals surface area contributed by atoms with E-state index in [-0.39, 0.29) is 42.8 Å². The van der Waals surface area contributed by atoms with Gasteiger partial charge in [-0.05, 0) is 73.5 Å². The van der Waals surface area contributed by atoms with Crippen LogP contribution in [0.5, 0.6) is 11.5 Å². The Morgan fingerprint density at radius 1 is 1.17 bits per heavy atom. The number of carbonyl (C=O) groups is 3. The van der Waals surface area contributed by atoms with Crippen LogP contribution in [-0.4, -0.2) is 41.8 Å². The van der Waals surface area contributed by atoms with E-state index in [4.69, 9.17) is 9.47 Å². The summed E-state index contributed by atoms with van der Waals surface area (Å²) in [6.07, 6.45) is 3.26. The van der Waals surface area contributed by atoms with Crippen molar-refractivity contribution in [2.75, 3.05) is 18.1 Å². The first-order valence-electron chi connectivity index (χ1n) is 11.0. The lowest BCUT2D eigenvalue weighted by Gasteiger charge is -2.33. The number of carbonyl (C=O) groups excluding carboxylic acids is 3. The van der Waals surface area contributed by atoms with Gasteiger partial charge < -0.3 is 14.8 Å². The molecule has 0 aliphatic carbocycles. The summed E-state index contributed by atoms with van der Waals surface area (Å²) in [6.45, 7) is 3.10. The van der Waals surface area contributed by atoms with Gasteiger partial charge in [0.25, 0.3) is 5.91 Å². The number of hydrogen-bond donors (Lipinski definition) is 1. The molecule has 0 spiro atoms. The molecule has 0 bridgehead atoms. The number of aryl methyl sites for hydroxylation is 1. The van der Waals surface area contributed by atoms with Crippen LogP contribution in [0.3, 0.4) is 0 Å². The monoisotopic (exact) mass is 477 g/mol. The number of aromatic nitrogens is 1. The molecule has 2 heterocycles. The predicted octanol–water partition coefficient (Wildman–Crippen LogP) is 3.22. The maximum Gasteiger partial charge on any atom is 0.265 e. The summed E-state index contributed by atoms with van der Waals surface area (Å²) in [4.78, 5) is 43.6. The molecule has 1 atom stereocenters. The van der Waals surface area contributed by atoms with Gasteiger partial charge in [-0.1, -0.05) is 0 Å². The standard InChI is InChI=1S/C26H24FN3O5/c1-16-11-20(27)4-6-23(16)34-14-22(31)19-3-5-24-21(12-19)30(25(32)15-35-24)17(2)26(33)29-13-18-7-9-28-10-8-18/h3-12,17H,13-15H2,1-2H3,(H,29,33). The third kappa shape index (κ3) is 5.46. The first kappa shape index (κ1) is 23.9. The molecule has 1 aliphatic heterocycles. The Labute approximate surface area is 201 Å². The number of pyridine rings is 1. The summed E-state index contributed by atoms with van der Waals surface area (Å²) in [5.74, 6) is -0.687. The summed E-state index contributed by atoms with van der Waals surface area (Å²) >= 11 is 0. The van der Waals surface area contributed by atoms with Gasteiger partial charge in [0.2, 0.25) is 5.91 Å². The van der Waals surface area contributed by atoms with Crippen molar-refractivity contribution >= 4 is 23.3 Å². The highest BCUT2D eigenvalue weighted by Crippen LogP contribution is 2.34. The number of fused-ring (bicyclic) bond motifs is 1. The van der Waals surface area contributed by atoms with E-state index in [1.807, 2.05) is 0 Å². The molecule has 35 heavy (non-hydrogen) atoms. The Kier molecular flexibility index (Phi) is 7.05. The van der Waals surface area contributed by atoms with Gasteiger partial charge in [0, 0.05) is 24.5 Å². The first-order valence-corrected chi connectivity index (χ1v) is 11.0. The second-order valence-electron chi connectivity index (χ2n) is 8.11. The van der Waals surface area contributed by atoms with Crippen molar-refractivity contribution in [1.82, 2.24) is 10.3 Å². The molecule has 0 radical (unpaired) electrons. The average Bonchev–Trinajstić information content (AvgIpc) is 2.86. The molecule has 0 saturated heterocycles. The second kappa shape index (κ2) is 10.3. The minimum Gasteiger partial charge on any atom is -0.485 e. The Bertz CT molecular complexity index is 1270. The second-order valence-corrected chi connectivity index (χ2v) is 8.11. The van der Waals surface area contributed by atoms with Crippen LogP contribution in [0.2, 0.25) is 0 Å². The molecule has 0 fully saturated rings. The van der Waals surface area contributed by atoms with Crippen LogP contribution in [0.1, 0.15) is 28.4 Å². The smallest absolute Gasteiger partial charge is 0.265 e. The van der Waals surface area contributed by atoms with E-state index in [2.05, 4.69) is 10.3 Å². The van der Waals surface area contributed by atoms with Crippen molar-refractivity contribution in [1.29, 1.82) is 0 Å². The lowest BCUT2D eigenvalue weighted by atomic mass is 10.1. The summed E-state index contributed by atoms with van der Waals surface area (Å²) in [6, 6.07) is 11.5. The zero-order valence-electron chi connectivity index (χ0n) is 19.3. The number of ketones is 1. The van der Waals surface area contributed by atoms with E-state index < -0.39 is 11.9 Å². The highest BCUT2D eigenvalue weighted by molar-refractivity contribution is 6.05. The third-order valence-corrected chi connectivity index (χ3v) is 5.64. The molecule has 1 aromatic heterocycles. The molecule has 3 aromatic rings. The minimum atomic E-state index is -0.838. The van der Waals surface area contributed by atoms with E-state index in [0.717, 1.165) is 5.56 Å². The first-order chi connectivity index (χ1) is 16.8. The molecule has 9 heteroatoms. The predicted molar refractivity (Wildman–Crippen MR) is 126 cm³/mol. The fourth-order valence-electron chi connectivity index (χ4n) is 3.73. The lowest BCUT2D eigenvalue weighted by Crippen LogP contribution is -2.51. The van der Waals surface area contributed by atoms with Crippen molar-refractivity contribution in [3.8, 4) is 11.5 Å². The number of ether oxygens (including phenoxy) is 2. The number of amides is 2. The highest BCUT2D eigenvalue weighted by Gasteiger charge is 2.33. The Morgan fingerprint density at radius 3 is 2.69 bits per heavy atom. The molecule has 0 saturated carbocycles. The third-order valence-electron chi connectivity index (χ3n) is 5.64. The Balaban J connectivity index is 1.49. The number of anilines is 1.